The first-order valence-corrected chi connectivity index (χ1v) is 6.15. The number of ether oxygens (including phenoxy) is 1. The average Bonchev–Trinajstić information content (AvgIpc) is 2.40. The van der Waals surface area contributed by atoms with Crippen molar-refractivity contribution in [1.29, 1.82) is 0 Å². The molecule has 0 aliphatic heterocycles. The lowest BCUT2D eigenvalue weighted by molar-refractivity contribution is 0.101. The maximum atomic E-state index is 13.5. The summed E-state index contributed by atoms with van der Waals surface area (Å²) in [5.74, 6) is -0.507. The van der Waals surface area contributed by atoms with Crippen molar-refractivity contribution in [2.24, 2.45) is 0 Å². The Morgan fingerprint density at radius 1 is 1.15 bits per heavy atom. The number of aryl methyl sites for hydroxylation is 1. The maximum Gasteiger partial charge on any atom is 0.159 e. The number of benzene rings is 2. The van der Waals surface area contributed by atoms with Crippen LogP contribution in [0.4, 0.5) is 8.78 Å². The third kappa shape index (κ3) is 3.20. The van der Waals surface area contributed by atoms with Crippen LogP contribution < -0.4 is 4.74 Å². The highest BCUT2D eigenvalue weighted by Crippen LogP contribution is 2.21. The number of ketones is 1. The van der Waals surface area contributed by atoms with Gasteiger partial charge in [-0.1, -0.05) is 0 Å². The van der Waals surface area contributed by atoms with Gasteiger partial charge in [-0.05, 0) is 55.8 Å². The number of hydrogen-bond acceptors (Lipinski definition) is 2. The molecule has 0 aromatic heterocycles. The van der Waals surface area contributed by atoms with E-state index >= 15 is 0 Å². The second-order valence-electron chi connectivity index (χ2n) is 4.56. The van der Waals surface area contributed by atoms with Crippen molar-refractivity contribution in [2.45, 2.75) is 20.5 Å². The molecular formula is C16H14F2O2. The lowest BCUT2D eigenvalue weighted by Gasteiger charge is -2.10. The molecule has 0 saturated carbocycles. The molecule has 0 saturated heterocycles. The minimum atomic E-state index is -0.510. The molecule has 0 N–H and O–H groups in total. The van der Waals surface area contributed by atoms with Crippen molar-refractivity contribution < 1.29 is 18.3 Å². The first-order valence-electron chi connectivity index (χ1n) is 6.15. The average molecular weight is 276 g/mol. The van der Waals surface area contributed by atoms with Crippen LogP contribution in [0.1, 0.15) is 28.4 Å². The van der Waals surface area contributed by atoms with E-state index in [-0.39, 0.29) is 18.0 Å². The smallest absolute Gasteiger partial charge is 0.159 e. The van der Waals surface area contributed by atoms with Crippen LogP contribution in [0.3, 0.4) is 0 Å². The normalized spacial score (nSPS) is 10.4. The molecule has 0 radical (unpaired) electrons. The van der Waals surface area contributed by atoms with E-state index in [1.165, 1.54) is 6.92 Å². The van der Waals surface area contributed by atoms with Crippen LogP contribution in [0.25, 0.3) is 0 Å². The summed E-state index contributed by atoms with van der Waals surface area (Å²) in [6, 6.07) is 8.25. The van der Waals surface area contributed by atoms with E-state index in [9.17, 15) is 13.6 Å². The SMILES string of the molecule is CC(=O)c1ccc(OCc2cc(F)ccc2F)c(C)c1. The Kier molecular flexibility index (Phi) is 4.13. The van der Waals surface area contributed by atoms with Gasteiger partial charge in [0.05, 0.1) is 0 Å². The fourth-order valence-corrected chi connectivity index (χ4v) is 1.84. The van der Waals surface area contributed by atoms with Gasteiger partial charge in [-0.25, -0.2) is 8.78 Å². The zero-order valence-electron chi connectivity index (χ0n) is 11.2. The summed E-state index contributed by atoms with van der Waals surface area (Å²) in [6.45, 7) is 3.21. The molecule has 0 spiro atoms. The van der Waals surface area contributed by atoms with Crippen LogP contribution in [0.15, 0.2) is 36.4 Å². The fourth-order valence-electron chi connectivity index (χ4n) is 1.84. The van der Waals surface area contributed by atoms with Crippen molar-refractivity contribution in [3.05, 3.63) is 64.7 Å². The van der Waals surface area contributed by atoms with Crippen molar-refractivity contribution in [3.63, 3.8) is 0 Å². The summed E-state index contributed by atoms with van der Waals surface area (Å²) < 4.78 is 32.0. The Bertz CT molecular complexity index is 651. The van der Waals surface area contributed by atoms with Gasteiger partial charge < -0.3 is 4.74 Å². The highest BCUT2D eigenvalue weighted by molar-refractivity contribution is 5.94. The number of Topliss-reactive ketones (excluding diaryl/α,β-unsaturated/α-hetero) is 1. The molecule has 0 aliphatic carbocycles. The van der Waals surface area contributed by atoms with Crippen LogP contribution in [-0.4, -0.2) is 5.78 Å². The lowest BCUT2D eigenvalue weighted by Crippen LogP contribution is -2.01. The standard InChI is InChI=1S/C16H14F2O2/c1-10-7-12(11(2)19)3-6-16(10)20-9-13-8-14(17)4-5-15(13)18/h3-8H,9H2,1-2H3. The van der Waals surface area contributed by atoms with Gasteiger partial charge in [0.2, 0.25) is 0 Å². The van der Waals surface area contributed by atoms with E-state index in [4.69, 9.17) is 4.74 Å². The largest absolute Gasteiger partial charge is 0.489 e. The van der Waals surface area contributed by atoms with Gasteiger partial charge in [-0.2, -0.15) is 0 Å². The first kappa shape index (κ1) is 14.2. The zero-order chi connectivity index (χ0) is 14.7. The van der Waals surface area contributed by atoms with E-state index in [2.05, 4.69) is 0 Å². The molecule has 0 unspecified atom stereocenters. The lowest BCUT2D eigenvalue weighted by atomic mass is 10.1. The van der Waals surface area contributed by atoms with Gasteiger partial charge in [0.1, 0.15) is 24.0 Å². The molecule has 0 aliphatic rings. The van der Waals surface area contributed by atoms with Crippen molar-refractivity contribution in [2.75, 3.05) is 0 Å². The number of carbonyl (C=O) groups is 1. The topological polar surface area (TPSA) is 26.3 Å². The molecule has 0 atom stereocenters. The van der Waals surface area contributed by atoms with Crippen LogP contribution in [0, 0.1) is 18.6 Å². The van der Waals surface area contributed by atoms with E-state index in [1.54, 1.807) is 25.1 Å². The molecule has 20 heavy (non-hydrogen) atoms. The van der Waals surface area contributed by atoms with Crippen molar-refractivity contribution in [3.8, 4) is 5.75 Å². The summed E-state index contributed by atoms with van der Waals surface area (Å²) in [4.78, 5) is 11.2. The van der Waals surface area contributed by atoms with Gasteiger partial charge >= 0.3 is 0 Å². The first-order chi connectivity index (χ1) is 9.47. The van der Waals surface area contributed by atoms with Crippen LogP contribution >= 0.6 is 0 Å². The van der Waals surface area contributed by atoms with Gasteiger partial charge in [0.25, 0.3) is 0 Å². The van der Waals surface area contributed by atoms with E-state index < -0.39 is 11.6 Å². The molecule has 2 nitrogen and oxygen atoms in total. The quantitative estimate of drug-likeness (QED) is 0.787. The number of carbonyl (C=O) groups excluding carboxylic acids is 1. The highest BCUT2D eigenvalue weighted by atomic mass is 19.1. The van der Waals surface area contributed by atoms with E-state index in [0.717, 1.165) is 23.8 Å². The Balaban J connectivity index is 2.15. The van der Waals surface area contributed by atoms with Crippen molar-refractivity contribution >= 4 is 5.78 Å². The predicted octanol–water partition coefficient (Wildman–Crippen LogP) is 4.05. The molecule has 2 aromatic rings. The molecule has 0 amide bonds. The Labute approximate surface area is 116 Å². The van der Waals surface area contributed by atoms with Crippen LogP contribution in [0.2, 0.25) is 0 Å². The summed E-state index contributed by atoms with van der Waals surface area (Å²) in [7, 11) is 0. The summed E-state index contributed by atoms with van der Waals surface area (Å²) in [6.07, 6.45) is 0. The summed E-state index contributed by atoms with van der Waals surface area (Å²) in [5, 5.41) is 0. The Morgan fingerprint density at radius 2 is 1.90 bits per heavy atom. The zero-order valence-corrected chi connectivity index (χ0v) is 11.2. The number of halogens is 2. The Hall–Kier alpha value is -2.23. The molecular weight excluding hydrogens is 262 g/mol. The molecule has 2 rings (SSSR count). The van der Waals surface area contributed by atoms with Crippen LogP contribution in [-0.2, 0) is 6.61 Å². The second-order valence-corrected chi connectivity index (χ2v) is 4.56. The van der Waals surface area contributed by atoms with Crippen molar-refractivity contribution in [1.82, 2.24) is 0 Å². The highest BCUT2D eigenvalue weighted by Gasteiger charge is 2.08. The molecule has 0 heterocycles. The predicted molar refractivity (Wildman–Crippen MR) is 71.9 cm³/mol. The summed E-state index contributed by atoms with van der Waals surface area (Å²) in [5.41, 5.74) is 1.52. The van der Waals surface area contributed by atoms with Gasteiger partial charge in [-0.3, -0.25) is 4.79 Å². The fraction of sp³-hybridized carbons (Fsp3) is 0.188. The third-order valence-electron chi connectivity index (χ3n) is 2.97. The number of hydrogen-bond donors (Lipinski definition) is 0. The summed E-state index contributed by atoms with van der Waals surface area (Å²) >= 11 is 0. The third-order valence-corrected chi connectivity index (χ3v) is 2.97. The van der Waals surface area contributed by atoms with E-state index in [0.29, 0.717) is 11.3 Å². The molecule has 0 fully saturated rings. The Morgan fingerprint density at radius 3 is 2.55 bits per heavy atom. The van der Waals surface area contributed by atoms with Gasteiger partial charge in [0, 0.05) is 11.1 Å². The minimum Gasteiger partial charge on any atom is -0.489 e. The van der Waals surface area contributed by atoms with Gasteiger partial charge in [0.15, 0.2) is 5.78 Å². The monoisotopic (exact) mass is 276 g/mol. The number of rotatable bonds is 4. The minimum absolute atomic E-state index is 0.0316. The molecule has 4 heteroatoms. The maximum absolute atomic E-state index is 13.5. The molecule has 2 aromatic carbocycles. The second kappa shape index (κ2) is 5.82. The van der Waals surface area contributed by atoms with E-state index in [1.807, 2.05) is 0 Å². The molecule has 104 valence electrons. The van der Waals surface area contributed by atoms with Crippen LogP contribution in [0.5, 0.6) is 5.75 Å². The molecule has 0 bridgehead atoms. The van der Waals surface area contributed by atoms with Gasteiger partial charge in [-0.15, -0.1) is 0 Å².